The molecule has 0 bridgehead atoms. The number of halogens is 1. The molecule has 1 unspecified atom stereocenters. The topological polar surface area (TPSA) is 126 Å². The van der Waals surface area contributed by atoms with Crippen LogP contribution < -0.4 is 11.4 Å². The van der Waals surface area contributed by atoms with Gasteiger partial charge < -0.3 is 5.73 Å². The van der Waals surface area contributed by atoms with Crippen molar-refractivity contribution in [3.8, 4) is 16.5 Å². The summed E-state index contributed by atoms with van der Waals surface area (Å²) < 4.78 is 14.4. The molecule has 0 aromatic carbocycles. The van der Waals surface area contributed by atoms with Crippen molar-refractivity contribution in [3.05, 3.63) is 63.9 Å². The Balaban J connectivity index is 1.97. The van der Waals surface area contributed by atoms with Crippen LogP contribution in [0.4, 0.5) is 4.39 Å². The highest BCUT2D eigenvalue weighted by Crippen LogP contribution is 2.34. The third-order valence-corrected chi connectivity index (χ3v) is 5.01. The maximum Gasteiger partial charge on any atom is 0.343 e. The van der Waals surface area contributed by atoms with Crippen LogP contribution in [0.3, 0.4) is 0 Å². The Kier molecular flexibility index (Phi) is 5.31. The summed E-state index contributed by atoms with van der Waals surface area (Å²) in [5.41, 5.74) is 6.32. The lowest BCUT2D eigenvalue weighted by Gasteiger charge is -2.16. The molecule has 0 saturated heterocycles. The van der Waals surface area contributed by atoms with E-state index in [-0.39, 0.29) is 24.5 Å². The van der Waals surface area contributed by atoms with E-state index in [1.165, 1.54) is 22.2 Å². The minimum absolute atomic E-state index is 0.0568. The highest BCUT2D eigenvalue weighted by molar-refractivity contribution is 7.15. The van der Waals surface area contributed by atoms with Gasteiger partial charge in [0.05, 0.1) is 12.4 Å². The van der Waals surface area contributed by atoms with Gasteiger partial charge in [0.15, 0.2) is 0 Å². The number of aromatic amines is 1. The summed E-state index contributed by atoms with van der Waals surface area (Å²) >= 11 is 1.42. The first-order valence-electron chi connectivity index (χ1n) is 7.58. The minimum Gasteiger partial charge on any atom is -0.327 e. The number of hydrogen-bond acceptors (Lipinski definition) is 7. The van der Waals surface area contributed by atoms with Crippen LogP contribution >= 0.6 is 11.3 Å². The molecular weight excluding hydrogens is 357 g/mol. The molecule has 3 aromatic heterocycles. The summed E-state index contributed by atoms with van der Waals surface area (Å²) in [5, 5.41) is 14.9. The average molecular weight is 371 g/mol. The summed E-state index contributed by atoms with van der Waals surface area (Å²) in [5.74, 6) is 0.0917. The van der Waals surface area contributed by atoms with Gasteiger partial charge in [0.1, 0.15) is 12.4 Å². The van der Waals surface area contributed by atoms with E-state index in [1.807, 2.05) is 18.2 Å². The van der Waals surface area contributed by atoms with Gasteiger partial charge in [-0.25, -0.2) is 24.3 Å². The standard InChI is InChI=1S/C16H14FN7OS/c17-4-10(5-18)3-12(24-9-22-23-16(24)25)14-2-1-13(26-14)11-7-20-15(6-19)21-8-11/h1-2,4,7-9,12H,3,5,18H2,(H,23,25)/b10-4+. The zero-order valence-corrected chi connectivity index (χ0v) is 14.3. The number of rotatable bonds is 6. The molecule has 10 heteroatoms. The largest absolute Gasteiger partial charge is 0.343 e. The zero-order chi connectivity index (χ0) is 18.5. The molecule has 1 atom stereocenters. The molecule has 0 saturated carbocycles. The van der Waals surface area contributed by atoms with Crippen LogP contribution in [-0.2, 0) is 0 Å². The van der Waals surface area contributed by atoms with Gasteiger partial charge in [-0.2, -0.15) is 10.4 Å². The SMILES string of the molecule is N#Cc1ncc(-c2ccc(C(C/C(=C\F)CN)n3cn[nH]c3=O)s2)cn1. The highest BCUT2D eigenvalue weighted by Gasteiger charge is 2.20. The van der Waals surface area contributed by atoms with E-state index in [4.69, 9.17) is 11.0 Å². The van der Waals surface area contributed by atoms with E-state index in [0.29, 0.717) is 11.9 Å². The molecule has 0 spiro atoms. The minimum atomic E-state index is -0.440. The lowest BCUT2D eigenvalue weighted by Crippen LogP contribution is -2.23. The van der Waals surface area contributed by atoms with E-state index >= 15 is 0 Å². The molecule has 3 N–H and O–H groups in total. The number of nitriles is 1. The molecule has 26 heavy (non-hydrogen) atoms. The molecular formula is C16H14FN7OS. The fourth-order valence-electron chi connectivity index (χ4n) is 2.44. The summed E-state index contributed by atoms with van der Waals surface area (Å²) in [4.78, 5) is 21.6. The second kappa shape index (κ2) is 7.81. The number of nitrogens with two attached hydrogens (primary N) is 1. The van der Waals surface area contributed by atoms with Gasteiger partial charge in [0.25, 0.3) is 0 Å². The van der Waals surface area contributed by atoms with Crippen molar-refractivity contribution in [2.75, 3.05) is 6.54 Å². The van der Waals surface area contributed by atoms with E-state index < -0.39 is 6.04 Å². The maximum atomic E-state index is 13.0. The average Bonchev–Trinajstić information content (AvgIpc) is 3.33. The first-order valence-corrected chi connectivity index (χ1v) is 8.40. The first kappa shape index (κ1) is 17.7. The van der Waals surface area contributed by atoms with Gasteiger partial charge in [-0.15, -0.1) is 11.3 Å². The number of nitrogens with one attached hydrogen (secondary N) is 1. The van der Waals surface area contributed by atoms with Gasteiger partial charge >= 0.3 is 5.69 Å². The lowest BCUT2D eigenvalue weighted by molar-refractivity contribution is 0.556. The van der Waals surface area contributed by atoms with E-state index in [1.54, 1.807) is 12.4 Å². The highest BCUT2D eigenvalue weighted by atomic mass is 32.1. The molecule has 3 heterocycles. The lowest BCUT2D eigenvalue weighted by atomic mass is 10.1. The summed E-state index contributed by atoms with van der Waals surface area (Å²) in [7, 11) is 0. The van der Waals surface area contributed by atoms with Gasteiger partial charge in [0, 0.05) is 34.3 Å². The Labute approximate surface area is 151 Å². The monoisotopic (exact) mass is 371 g/mol. The molecule has 3 aromatic rings. The van der Waals surface area contributed by atoms with Crippen LogP contribution in [0.1, 0.15) is 23.2 Å². The van der Waals surface area contributed by atoms with Crippen molar-refractivity contribution in [2.24, 2.45) is 5.73 Å². The fraction of sp³-hybridized carbons (Fsp3) is 0.188. The van der Waals surface area contributed by atoms with Crippen LogP contribution in [0.15, 0.2) is 47.6 Å². The Morgan fingerprint density at radius 3 is 2.81 bits per heavy atom. The van der Waals surface area contributed by atoms with Crippen molar-refractivity contribution >= 4 is 11.3 Å². The van der Waals surface area contributed by atoms with Crippen LogP contribution in [0, 0.1) is 11.3 Å². The van der Waals surface area contributed by atoms with E-state index in [9.17, 15) is 9.18 Å². The molecule has 0 aliphatic rings. The smallest absolute Gasteiger partial charge is 0.327 e. The van der Waals surface area contributed by atoms with Crippen LogP contribution in [0.5, 0.6) is 0 Å². The summed E-state index contributed by atoms with van der Waals surface area (Å²) in [6.45, 7) is 0.0568. The van der Waals surface area contributed by atoms with Crippen molar-refractivity contribution in [3.63, 3.8) is 0 Å². The second-order valence-electron chi connectivity index (χ2n) is 5.37. The third kappa shape index (κ3) is 3.58. The van der Waals surface area contributed by atoms with Gasteiger partial charge in [-0.05, 0) is 24.1 Å². The molecule has 0 aliphatic carbocycles. The number of thiophene rings is 1. The summed E-state index contributed by atoms with van der Waals surface area (Å²) in [6, 6.07) is 5.15. The van der Waals surface area contributed by atoms with Gasteiger partial charge in [0.2, 0.25) is 5.82 Å². The Morgan fingerprint density at radius 1 is 1.46 bits per heavy atom. The van der Waals surface area contributed by atoms with Crippen molar-refractivity contribution in [1.29, 1.82) is 5.26 Å². The number of aromatic nitrogens is 5. The van der Waals surface area contributed by atoms with Gasteiger partial charge in [-0.1, -0.05) is 0 Å². The Bertz CT molecular complexity index is 1010. The summed E-state index contributed by atoms with van der Waals surface area (Å²) in [6.07, 6.45) is 5.22. The van der Waals surface area contributed by atoms with Crippen LogP contribution in [-0.4, -0.2) is 31.3 Å². The molecule has 0 aliphatic heterocycles. The normalized spacial score (nSPS) is 12.7. The molecule has 0 amide bonds. The maximum absolute atomic E-state index is 13.0. The zero-order valence-electron chi connectivity index (χ0n) is 13.5. The third-order valence-electron chi connectivity index (χ3n) is 3.78. The quantitative estimate of drug-likeness (QED) is 0.680. The van der Waals surface area contributed by atoms with E-state index in [0.717, 1.165) is 15.3 Å². The van der Waals surface area contributed by atoms with Crippen LogP contribution in [0.2, 0.25) is 0 Å². The molecule has 0 fully saturated rings. The fourth-order valence-corrected chi connectivity index (χ4v) is 3.52. The van der Waals surface area contributed by atoms with Crippen molar-refractivity contribution in [1.82, 2.24) is 24.7 Å². The van der Waals surface area contributed by atoms with Crippen molar-refractivity contribution in [2.45, 2.75) is 12.5 Å². The molecule has 132 valence electrons. The predicted octanol–water partition coefficient (Wildman–Crippen LogP) is 1.75. The molecule has 0 radical (unpaired) electrons. The van der Waals surface area contributed by atoms with Crippen molar-refractivity contribution < 1.29 is 4.39 Å². The Morgan fingerprint density at radius 2 is 2.23 bits per heavy atom. The number of hydrogen-bond donors (Lipinski definition) is 2. The number of nitrogens with zero attached hydrogens (tertiary/aromatic N) is 5. The van der Waals surface area contributed by atoms with Gasteiger partial charge in [-0.3, -0.25) is 4.57 Å². The Hall–Kier alpha value is -3.16. The molecule has 8 nitrogen and oxygen atoms in total. The van der Waals surface area contributed by atoms with E-state index in [2.05, 4.69) is 20.2 Å². The van der Waals surface area contributed by atoms with Crippen LogP contribution in [0.25, 0.3) is 10.4 Å². The first-order chi connectivity index (χ1) is 12.7. The molecule has 3 rings (SSSR count). The predicted molar refractivity (Wildman–Crippen MR) is 93.9 cm³/mol. The second-order valence-corrected chi connectivity index (χ2v) is 6.48. The number of H-pyrrole nitrogens is 1.